The Hall–Kier alpha value is -2.97. The van der Waals surface area contributed by atoms with Crippen LogP contribution >= 0.6 is 12.4 Å². The van der Waals surface area contributed by atoms with Crippen molar-refractivity contribution in [1.29, 1.82) is 0 Å². The van der Waals surface area contributed by atoms with E-state index in [1.165, 1.54) is 0 Å². The van der Waals surface area contributed by atoms with Crippen molar-refractivity contribution in [1.82, 2.24) is 29.5 Å². The van der Waals surface area contributed by atoms with Crippen LogP contribution in [0, 0.1) is 0 Å². The molecule has 1 fully saturated rings. The highest BCUT2D eigenvalue weighted by Gasteiger charge is 2.25. The van der Waals surface area contributed by atoms with Gasteiger partial charge in [-0.2, -0.15) is 0 Å². The summed E-state index contributed by atoms with van der Waals surface area (Å²) in [5, 5.41) is 4.54. The molecule has 0 unspecified atom stereocenters. The summed E-state index contributed by atoms with van der Waals surface area (Å²) in [4.78, 5) is 25.8. The van der Waals surface area contributed by atoms with Crippen LogP contribution in [0.15, 0.2) is 48.7 Å². The first-order chi connectivity index (χ1) is 13.7. The molecule has 1 amide bonds. The molecule has 4 rings (SSSR count). The molecule has 3 heterocycles. The molecule has 1 aromatic carbocycles. The number of aromatic nitrogens is 4. The lowest BCUT2D eigenvalue weighted by molar-refractivity contribution is 0.0652. The number of pyridine rings is 1. The second-order valence-electron chi connectivity index (χ2n) is 6.69. The van der Waals surface area contributed by atoms with Crippen molar-refractivity contribution in [2.45, 2.75) is 0 Å². The molecule has 2 aromatic heterocycles. The number of halogens is 1. The van der Waals surface area contributed by atoms with Crippen LogP contribution in [-0.2, 0) is 0 Å². The van der Waals surface area contributed by atoms with Crippen LogP contribution in [0.1, 0.15) is 10.6 Å². The van der Waals surface area contributed by atoms with Crippen LogP contribution in [-0.4, -0.2) is 75.8 Å². The summed E-state index contributed by atoms with van der Waals surface area (Å²) in [6, 6.07) is 13.3. The number of nitrogens with zero attached hydrogens (tertiary/aromatic N) is 6. The number of benzene rings is 1. The zero-order valence-corrected chi connectivity index (χ0v) is 17.2. The molecule has 0 radical (unpaired) electrons. The molecule has 3 aromatic rings. The number of methoxy groups -OCH3 is 1. The summed E-state index contributed by atoms with van der Waals surface area (Å²) in [5.74, 6) is 1.13. The maximum Gasteiger partial charge on any atom is 0.293 e. The fourth-order valence-corrected chi connectivity index (χ4v) is 3.12. The molecule has 0 bridgehead atoms. The predicted octanol–water partition coefficient (Wildman–Crippen LogP) is 2.15. The number of hydrogen-bond donors (Lipinski definition) is 0. The molecule has 0 atom stereocenters. The first-order valence-corrected chi connectivity index (χ1v) is 9.16. The lowest BCUT2D eigenvalue weighted by atomic mass is 10.2. The number of para-hydroxylation sites is 1. The molecule has 8 nitrogen and oxygen atoms in total. The number of likely N-dealkylation sites (N-methyl/N-ethyl adjacent to an activating group) is 1. The normalized spacial score (nSPS) is 14.3. The lowest BCUT2D eigenvalue weighted by Gasteiger charge is -2.31. The van der Waals surface area contributed by atoms with E-state index < -0.39 is 0 Å². The summed E-state index contributed by atoms with van der Waals surface area (Å²) in [7, 11) is 3.63. The Kier molecular flexibility index (Phi) is 6.46. The van der Waals surface area contributed by atoms with E-state index in [0.29, 0.717) is 24.8 Å². The summed E-state index contributed by atoms with van der Waals surface area (Å²) >= 11 is 0. The molecule has 0 N–H and O–H groups in total. The zero-order valence-electron chi connectivity index (χ0n) is 16.4. The van der Waals surface area contributed by atoms with Gasteiger partial charge in [-0.15, -0.1) is 17.5 Å². The molecule has 1 aliphatic heterocycles. The van der Waals surface area contributed by atoms with E-state index in [2.05, 4.69) is 27.0 Å². The van der Waals surface area contributed by atoms with Gasteiger partial charge in [-0.25, -0.2) is 14.6 Å². The van der Waals surface area contributed by atoms with E-state index in [1.54, 1.807) is 29.0 Å². The van der Waals surface area contributed by atoms with E-state index >= 15 is 0 Å². The molecule has 152 valence electrons. The van der Waals surface area contributed by atoms with E-state index in [1.807, 2.05) is 36.4 Å². The molecular weight excluding hydrogens is 392 g/mol. The summed E-state index contributed by atoms with van der Waals surface area (Å²) in [6.45, 7) is 3.05. The lowest BCUT2D eigenvalue weighted by Crippen LogP contribution is -2.47. The monoisotopic (exact) mass is 414 g/mol. The fourth-order valence-electron chi connectivity index (χ4n) is 3.12. The van der Waals surface area contributed by atoms with Crippen LogP contribution in [0.3, 0.4) is 0 Å². The van der Waals surface area contributed by atoms with Gasteiger partial charge in [0.25, 0.3) is 5.91 Å². The van der Waals surface area contributed by atoms with E-state index in [0.717, 1.165) is 24.3 Å². The Morgan fingerprint density at radius 3 is 2.38 bits per heavy atom. The quantitative estimate of drug-likeness (QED) is 0.651. The van der Waals surface area contributed by atoms with Gasteiger partial charge in [0.1, 0.15) is 0 Å². The summed E-state index contributed by atoms with van der Waals surface area (Å²) in [6.07, 6.45) is 1.67. The zero-order chi connectivity index (χ0) is 19.5. The molecular formula is C20H23ClN6O2. The van der Waals surface area contributed by atoms with Gasteiger partial charge in [-0.3, -0.25) is 4.79 Å². The number of amides is 1. The van der Waals surface area contributed by atoms with Gasteiger partial charge in [-0.1, -0.05) is 18.2 Å². The molecule has 0 aliphatic carbocycles. The van der Waals surface area contributed by atoms with Crippen LogP contribution in [0.2, 0.25) is 0 Å². The summed E-state index contributed by atoms with van der Waals surface area (Å²) < 4.78 is 6.82. The van der Waals surface area contributed by atoms with Crippen LogP contribution in [0.25, 0.3) is 17.1 Å². The first kappa shape index (κ1) is 20.8. The SMILES string of the molecule is COc1ccc(-c2nc(C(=O)N3CCN(C)CC3)nn2-c2ccccc2)cn1.Cl. The number of carbonyl (C=O) groups is 1. The highest BCUT2D eigenvalue weighted by molar-refractivity contribution is 5.91. The van der Waals surface area contributed by atoms with Gasteiger partial charge >= 0.3 is 0 Å². The molecule has 1 saturated heterocycles. The molecule has 0 spiro atoms. The molecule has 29 heavy (non-hydrogen) atoms. The topological polar surface area (TPSA) is 76.4 Å². The third-order valence-electron chi connectivity index (χ3n) is 4.79. The van der Waals surface area contributed by atoms with E-state index in [4.69, 9.17) is 4.74 Å². The molecule has 9 heteroatoms. The number of ether oxygens (including phenoxy) is 1. The minimum atomic E-state index is -0.148. The van der Waals surface area contributed by atoms with E-state index in [-0.39, 0.29) is 24.1 Å². The average Bonchev–Trinajstić information content (AvgIpc) is 3.20. The van der Waals surface area contributed by atoms with Gasteiger partial charge in [0.05, 0.1) is 12.8 Å². The largest absolute Gasteiger partial charge is 0.481 e. The van der Waals surface area contributed by atoms with Gasteiger partial charge in [0.15, 0.2) is 5.82 Å². The Bertz CT molecular complexity index is 953. The van der Waals surface area contributed by atoms with E-state index in [9.17, 15) is 4.79 Å². The fraction of sp³-hybridized carbons (Fsp3) is 0.300. The molecule has 1 aliphatic rings. The average molecular weight is 415 g/mol. The third kappa shape index (κ3) is 4.38. The van der Waals surface area contributed by atoms with Crippen LogP contribution < -0.4 is 4.74 Å². The van der Waals surface area contributed by atoms with Crippen LogP contribution in [0.5, 0.6) is 5.88 Å². The van der Waals surface area contributed by atoms with Crippen LogP contribution in [0.4, 0.5) is 0 Å². The van der Waals surface area contributed by atoms with Crippen molar-refractivity contribution in [2.75, 3.05) is 40.3 Å². The van der Waals surface area contributed by atoms with Crippen molar-refractivity contribution in [3.63, 3.8) is 0 Å². The van der Waals surface area contributed by atoms with Crippen molar-refractivity contribution in [3.8, 4) is 23.0 Å². The van der Waals surface area contributed by atoms with Gasteiger partial charge in [-0.05, 0) is 25.2 Å². The molecule has 0 saturated carbocycles. The minimum absolute atomic E-state index is 0. The Morgan fingerprint density at radius 2 is 1.76 bits per heavy atom. The number of rotatable bonds is 4. The van der Waals surface area contributed by atoms with Gasteiger partial charge in [0.2, 0.25) is 11.7 Å². The number of piperazine rings is 1. The Morgan fingerprint density at radius 1 is 1.03 bits per heavy atom. The third-order valence-corrected chi connectivity index (χ3v) is 4.79. The van der Waals surface area contributed by atoms with Crippen molar-refractivity contribution < 1.29 is 9.53 Å². The smallest absolute Gasteiger partial charge is 0.293 e. The Balaban J connectivity index is 0.00000240. The van der Waals surface area contributed by atoms with Crippen molar-refractivity contribution in [2.24, 2.45) is 0 Å². The van der Waals surface area contributed by atoms with Crippen molar-refractivity contribution >= 4 is 18.3 Å². The van der Waals surface area contributed by atoms with Gasteiger partial charge < -0.3 is 14.5 Å². The first-order valence-electron chi connectivity index (χ1n) is 9.16. The predicted molar refractivity (Wildman–Crippen MR) is 112 cm³/mol. The minimum Gasteiger partial charge on any atom is -0.481 e. The highest BCUT2D eigenvalue weighted by Crippen LogP contribution is 2.22. The maximum atomic E-state index is 13.0. The maximum absolute atomic E-state index is 13.0. The second-order valence-corrected chi connectivity index (χ2v) is 6.69. The summed E-state index contributed by atoms with van der Waals surface area (Å²) in [5.41, 5.74) is 1.59. The highest BCUT2D eigenvalue weighted by atomic mass is 35.5. The number of carbonyl (C=O) groups excluding carboxylic acids is 1. The van der Waals surface area contributed by atoms with Crippen molar-refractivity contribution in [3.05, 3.63) is 54.5 Å². The number of hydrogen-bond acceptors (Lipinski definition) is 6. The standard InChI is InChI=1S/C20H22N6O2.ClH/c1-24-10-12-25(13-11-24)20(27)18-22-19(15-8-9-17(28-2)21-14-15)26(23-18)16-6-4-3-5-7-16;/h3-9,14H,10-13H2,1-2H3;1H. The van der Waals surface area contributed by atoms with Gasteiger partial charge in [0, 0.05) is 44.0 Å². The Labute approximate surface area is 175 Å². The second kappa shape index (κ2) is 9.02.